The standard InChI is InChI=1S/C15H21N3O3/c1-10-5-11(15(19)20)6-14(17-10)16-7-13-8-18-4-2-3-12(18)9-21-13/h5-6,12-13H,2-4,7-9H2,1H3,(H,16,17)(H,19,20). The lowest BCUT2D eigenvalue weighted by Crippen LogP contribution is -2.48. The number of rotatable bonds is 4. The lowest BCUT2D eigenvalue weighted by atomic mass is 10.2. The van der Waals surface area contributed by atoms with E-state index < -0.39 is 5.97 Å². The number of aromatic carboxylic acids is 1. The second-order valence-corrected chi connectivity index (χ2v) is 5.81. The van der Waals surface area contributed by atoms with Gasteiger partial charge in [0.2, 0.25) is 0 Å². The van der Waals surface area contributed by atoms with Crippen LogP contribution in [0.1, 0.15) is 28.9 Å². The predicted molar refractivity (Wildman–Crippen MR) is 78.8 cm³/mol. The van der Waals surface area contributed by atoms with Crippen molar-refractivity contribution in [1.29, 1.82) is 0 Å². The lowest BCUT2D eigenvalue weighted by Gasteiger charge is -2.35. The molecule has 0 saturated carbocycles. The largest absolute Gasteiger partial charge is 0.478 e. The van der Waals surface area contributed by atoms with E-state index >= 15 is 0 Å². The Morgan fingerprint density at radius 2 is 2.43 bits per heavy atom. The quantitative estimate of drug-likeness (QED) is 0.872. The molecule has 114 valence electrons. The first-order chi connectivity index (χ1) is 10.1. The summed E-state index contributed by atoms with van der Waals surface area (Å²) in [5.41, 5.74) is 0.954. The molecule has 0 bridgehead atoms. The maximum Gasteiger partial charge on any atom is 0.335 e. The van der Waals surface area contributed by atoms with E-state index in [9.17, 15) is 4.79 Å². The molecule has 0 radical (unpaired) electrons. The van der Waals surface area contributed by atoms with Gasteiger partial charge in [0.1, 0.15) is 5.82 Å². The highest BCUT2D eigenvalue weighted by Gasteiger charge is 2.31. The highest BCUT2D eigenvalue weighted by Crippen LogP contribution is 2.22. The van der Waals surface area contributed by atoms with E-state index in [0.717, 1.165) is 19.7 Å². The van der Waals surface area contributed by atoms with Gasteiger partial charge in [-0.2, -0.15) is 0 Å². The first-order valence-corrected chi connectivity index (χ1v) is 7.43. The van der Waals surface area contributed by atoms with E-state index in [1.54, 1.807) is 19.1 Å². The van der Waals surface area contributed by atoms with Crippen LogP contribution in [0, 0.1) is 6.92 Å². The van der Waals surface area contributed by atoms with Crippen molar-refractivity contribution in [1.82, 2.24) is 9.88 Å². The Morgan fingerprint density at radius 3 is 3.24 bits per heavy atom. The number of hydrogen-bond acceptors (Lipinski definition) is 5. The van der Waals surface area contributed by atoms with Crippen molar-refractivity contribution >= 4 is 11.8 Å². The summed E-state index contributed by atoms with van der Waals surface area (Å²) in [6.45, 7) is 5.35. The molecule has 0 amide bonds. The molecule has 2 N–H and O–H groups in total. The highest BCUT2D eigenvalue weighted by atomic mass is 16.5. The smallest absolute Gasteiger partial charge is 0.335 e. The molecule has 0 aliphatic carbocycles. The lowest BCUT2D eigenvalue weighted by molar-refractivity contribution is -0.0416. The molecular weight excluding hydrogens is 270 g/mol. The molecule has 21 heavy (non-hydrogen) atoms. The van der Waals surface area contributed by atoms with E-state index in [-0.39, 0.29) is 11.7 Å². The number of pyridine rings is 1. The SMILES string of the molecule is Cc1cc(C(=O)O)cc(NCC2CN3CCCC3CO2)n1. The zero-order chi connectivity index (χ0) is 14.8. The third-order valence-electron chi connectivity index (χ3n) is 4.17. The van der Waals surface area contributed by atoms with Crippen LogP contribution in [-0.4, -0.2) is 59.3 Å². The summed E-state index contributed by atoms with van der Waals surface area (Å²) < 4.78 is 5.87. The number of aromatic nitrogens is 1. The number of nitrogens with zero attached hydrogens (tertiary/aromatic N) is 2. The molecule has 3 heterocycles. The topological polar surface area (TPSA) is 74.7 Å². The van der Waals surface area contributed by atoms with Crippen molar-refractivity contribution in [3.8, 4) is 0 Å². The number of hydrogen-bond donors (Lipinski definition) is 2. The number of carboxylic acids is 1. The van der Waals surface area contributed by atoms with Crippen LogP contribution in [0.25, 0.3) is 0 Å². The van der Waals surface area contributed by atoms with E-state index in [1.807, 2.05) is 0 Å². The Morgan fingerprint density at radius 1 is 1.57 bits per heavy atom. The summed E-state index contributed by atoms with van der Waals surface area (Å²) >= 11 is 0. The monoisotopic (exact) mass is 291 g/mol. The number of nitrogens with one attached hydrogen (secondary N) is 1. The molecular formula is C15H21N3O3. The number of ether oxygens (including phenoxy) is 1. The van der Waals surface area contributed by atoms with Gasteiger partial charge in [0.05, 0.1) is 18.3 Å². The van der Waals surface area contributed by atoms with Gasteiger partial charge in [-0.1, -0.05) is 0 Å². The van der Waals surface area contributed by atoms with Crippen LogP contribution in [0.4, 0.5) is 5.82 Å². The van der Waals surface area contributed by atoms with Crippen LogP contribution in [0.2, 0.25) is 0 Å². The van der Waals surface area contributed by atoms with E-state index in [1.165, 1.54) is 12.8 Å². The second-order valence-electron chi connectivity index (χ2n) is 5.81. The second kappa shape index (κ2) is 5.99. The van der Waals surface area contributed by atoms with Crippen molar-refractivity contribution in [2.75, 3.05) is 31.6 Å². The highest BCUT2D eigenvalue weighted by molar-refractivity contribution is 5.88. The van der Waals surface area contributed by atoms with Gasteiger partial charge in [0.15, 0.2) is 0 Å². The molecule has 2 fully saturated rings. The minimum absolute atomic E-state index is 0.134. The van der Waals surface area contributed by atoms with Gasteiger partial charge in [0, 0.05) is 24.8 Å². The van der Waals surface area contributed by atoms with E-state index in [2.05, 4.69) is 15.2 Å². The average Bonchev–Trinajstić information content (AvgIpc) is 2.92. The average molecular weight is 291 g/mol. The Balaban J connectivity index is 1.59. The minimum atomic E-state index is -0.933. The molecule has 2 aliphatic heterocycles. The summed E-state index contributed by atoms with van der Waals surface area (Å²) in [5, 5.41) is 12.3. The number of morpholine rings is 1. The fraction of sp³-hybridized carbons (Fsp3) is 0.600. The fourth-order valence-corrected chi connectivity index (χ4v) is 3.11. The summed E-state index contributed by atoms with van der Waals surface area (Å²) in [7, 11) is 0. The molecule has 6 nitrogen and oxygen atoms in total. The molecule has 1 aromatic rings. The van der Waals surface area contributed by atoms with Gasteiger partial charge in [-0.05, 0) is 38.4 Å². The van der Waals surface area contributed by atoms with Crippen molar-refractivity contribution < 1.29 is 14.6 Å². The normalized spacial score (nSPS) is 25.6. The van der Waals surface area contributed by atoms with Gasteiger partial charge < -0.3 is 15.2 Å². The molecule has 3 rings (SSSR count). The Labute approximate surface area is 124 Å². The van der Waals surface area contributed by atoms with Gasteiger partial charge in [-0.15, -0.1) is 0 Å². The zero-order valence-corrected chi connectivity index (χ0v) is 12.2. The van der Waals surface area contributed by atoms with Crippen LogP contribution in [0.5, 0.6) is 0 Å². The molecule has 2 saturated heterocycles. The molecule has 2 aliphatic rings. The van der Waals surface area contributed by atoms with Crippen molar-refractivity contribution in [3.63, 3.8) is 0 Å². The fourth-order valence-electron chi connectivity index (χ4n) is 3.11. The number of anilines is 1. The van der Waals surface area contributed by atoms with Crippen molar-refractivity contribution in [3.05, 3.63) is 23.4 Å². The molecule has 0 spiro atoms. The van der Waals surface area contributed by atoms with Crippen molar-refractivity contribution in [2.24, 2.45) is 0 Å². The number of carboxylic acid groups (broad SMARTS) is 1. The van der Waals surface area contributed by atoms with Crippen LogP contribution in [0.3, 0.4) is 0 Å². The number of carbonyl (C=O) groups is 1. The number of fused-ring (bicyclic) bond motifs is 1. The summed E-state index contributed by atoms with van der Waals surface area (Å²) in [6.07, 6.45) is 2.63. The maximum atomic E-state index is 11.0. The van der Waals surface area contributed by atoms with Crippen molar-refractivity contribution in [2.45, 2.75) is 31.9 Å². The van der Waals surface area contributed by atoms with Gasteiger partial charge in [0.25, 0.3) is 0 Å². The first-order valence-electron chi connectivity index (χ1n) is 7.43. The Bertz CT molecular complexity index is 535. The third-order valence-corrected chi connectivity index (χ3v) is 4.17. The third kappa shape index (κ3) is 3.33. The Kier molecular flexibility index (Phi) is 4.07. The van der Waals surface area contributed by atoms with Gasteiger partial charge in [-0.3, -0.25) is 4.90 Å². The first kappa shape index (κ1) is 14.3. The summed E-state index contributed by atoms with van der Waals surface area (Å²) in [6, 6.07) is 3.73. The molecule has 2 unspecified atom stereocenters. The van der Waals surface area contributed by atoms with Crippen LogP contribution < -0.4 is 5.32 Å². The predicted octanol–water partition coefficient (Wildman–Crippen LogP) is 1.36. The maximum absolute atomic E-state index is 11.0. The minimum Gasteiger partial charge on any atom is -0.478 e. The molecule has 2 atom stereocenters. The molecule has 6 heteroatoms. The van der Waals surface area contributed by atoms with Gasteiger partial charge in [-0.25, -0.2) is 9.78 Å². The van der Waals surface area contributed by atoms with Crippen LogP contribution in [0.15, 0.2) is 12.1 Å². The summed E-state index contributed by atoms with van der Waals surface area (Å²) in [5.74, 6) is -0.336. The van der Waals surface area contributed by atoms with E-state index in [4.69, 9.17) is 9.84 Å². The van der Waals surface area contributed by atoms with Crippen LogP contribution >= 0.6 is 0 Å². The molecule has 1 aromatic heterocycles. The Hall–Kier alpha value is -1.66. The summed E-state index contributed by atoms with van der Waals surface area (Å²) in [4.78, 5) is 17.9. The molecule has 0 aromatic carbocycles. The van der Waals surface area contributed by atoms with Crippen LogP contribution in [-0.2, 0) is 4.74 Å². The van der Waals surface area contributed by atoms with Gasteiger partial charge >= 0.3 is 5.97 Å². The van der Waals surface area contributed by atoms with E-state index in [0.29, 0.717) is 24.1 Å². The zero-order valence-electron chi connectivity index (χ0n) is 12.2. The number of aryl methyl sites for hydroxylation is 1.